The lowest BCUT2D eigenvalue weighted by Gasteiger charge is -2.15. The molecule has 2 aromatic carbocycles. The van der Waals surface area contributed by atoms with Crippen LogP contribution in [0, 0.1) is 0 Å². The SMILES string of the molecule is CCNC(=O)c1cccc(NC(=O)C(C)Oc2cccc(C(C)=O)c2)c1. The van der Waals surface area contributed by atoms with Crippen LogP contribution in [-0.4, -0.2) is 30.2 Å². The third-order valence-electron chi connectivity index (χ3n) is 3.65. The molecule has 0 aromatic heterocycles. The van der Waals surface area contributed by atoms with Gasteiger partial charge >= 0.3 is 0 Å². The number of nitrogens with one attached hydrogen (secondary N) is 2. The van der Waals surface area contributed by atoms with Crippen molar-refractivity contribution >= 4 is 23.3 Å². The zero-order valence-electron chi connectivity index (χ0n) is 15.0. The van der Waals surface area contributed by atoms with Crippen molar-refractivity contribution in [1.29, 1.82) is 0 Å². The summed E-state index contributed by atoms with van der Waals surface area (Å²) in [6, 6.07) is 13.3. The summed E-state index contributed by atoms with van der Waals surface area (Å²) in [5.41, 5.74) is 1.49. The summed E-state index contributed by atoms with van der Waals surface area (Å²) in [7, 11) is 0. The molecule has 0 saturated carbocycles. The third kappa shape index (κ3) is 5.17. The molecule has 0 aliphatic carbocycles. The number of anilines is 1. The lowest BCUT2D eigenvalue weighted by atomic mass is 10.1. The number of carbonyl (C=O) groups excluding carboxylic acids is 3. The van der Waals surface area contributed by atoms with Gasteiger partial charge in [0.05, 0.1) is 0 Å². The number of hydrogen-bond donors (Lipinski definition) is 2. The Hall–Kier alpha value is -3.15. The van der Waals surface area contributed by atoms with Gasteiger partial charge in [-0.1, -0.05) is 18.2 Å². The van der Waals surface area contributed by atoms with Crippen molar-refractivity contribution in [2.45, 2.75) is 26.9 Å². The number of hydrogen-bond acceptors (Lipinski definition) is 4. The van der Waals surface area contributed by atoms with E-state index >= 15 is 0 Å². The number of benzene rings is 2. The fraction of sp³-hybridized carbons (Fsp3) is 0.250. The van der Waals surface area contributed by atoms with Crippen LogP contribution in [0.4, 0.5) is 5.69 Å². The number of amides is 2. The highest BCUT2D eigenvalue weighted by atomic mass is 16.5. The molecule has 2 N–H and O–H groups in total. The van der Waals surface area contributed by atoms with E-state index in [4.69, 9.17) is 4.74 Å². The zero-order chi connectivity index (χ0) is 19.1. The van der Waals surface area contributed by atoms with E-state index < -0.39 is 6.10 Å². The molecule has 1 atom stereocenters. The molecule has 0 radical (unpaired) electrons. The monoisotopic (exact) mass is 354 g/mol. The van der Waals surface area contributed by atoms with E-state index in [1.165, 1.54) is 6.92 Å². The van der Waals surface area contributed by atoms with Gasteiger partial charge in [0.15, 0.2) is 11.9 Å². The Balaban J connectivity index is 2.03. The van der Waals surface area contributed by atoms with Crippen molar-refractivity contribution in [3.05, 3.63) is 59.7 Å². The van der Waals surface area contributed by atoms with Crippen LogP contribution in [0.1, 0.15) is 41.5 Å². The van der Waals surface area contributed by atoms with Gasteiger partial charge in [0.1, 0.15) is 5.75 Å². The molecule has 0 saturated heterocycles. The van der Waals surface area contributed by atoms with Crippen LogP contribution < -0.4 is 15.4 Å². The zero-order valence-corrected chi connectivity index (χ0v) is 15.0. The first-order valence-corrected chi connectivity index (χ1v) is 8.37. The van der Waals surface area contributed by atoms with Crippen LogP contribution in [0.3, 0.4) is 0 Å². The number of carbonyl (C=O) groups is 3. The fourth-order valence-corrected chi connectivity index (χ4v) is 2.29. The van der Waals surface area contributed by atoms with E-state index in [0.717, 1.165) is 0 Å². The predicted molar refractivity (Wildman–Crippen MR) is 99.6 cm³/mol. The summed E-state index contributed by atoms with van der Waals surface area (Å²) in [6.45, 7) is 5.45. The highest BCUT2D eigenvalue weighted by Crippen LogP contribution is 2.17. The first-order chi connectivity index (χ1) is 12.4. The fourth-order valence-electron chi connectivity index (χ4n) is 2.29. The highest BCUT2D eigenvalue weighted by Gasteiger charge is 2.16. The van der Waals surface area contributed by atoms with Crippen LogP contribution >= 0.6 is 0 Å². The molecule has 0 aliphatic rings. The Morgan fingerprint density at radius 1 is 1.04 bits per heavy atom. The number of ether oxygens (including phenoxy) is 1. The van der Waals surface area contributed by atoms with Crippen molar-refractivity contribution in [3.8, 4) is 5.75 Å². The summed E-state index contributed by atoms with van der Waals surface area (Å²) in [5, 5.41) is 5.43. The van der Waals surface area contributed by atoms with Gasteiger partial charge in [-0.3, -0.25) is 14.4 Å². The summed E-state index contributed by atoms with van der Waals surface area (Å²) in [5.74, 6) is -0.189. The second kappa shape index (κ2) is 8.80. The van der Waals surface area contributed by atoms with Gasteiger partial charge < -0.3 is 15.4 Å². The van der Waals surface area contributed by atoms with E-state index in [2.05, 4.69) is 10.6 Å². The van der Waals surface area contributed by atoms with Crippen molar-refractivity contribution in [1.82, 2.24) is 5.32 Å². The molecule has 0 heterocycles. The molecule has 0 fully saturated rings. The maximum absolute atomic E-state index is 12.3. The molecule has 6 heteroatoms. The molecule has 1 unspecified atom stereocenters. The molecular formula is C20H22N2O4. The van der Waals surface area contributed by atoms with Crippen LogP contribution in [0.25, 0.3) is 0 Å². The largest absolute Gasteiger partial charge is 0.481 e. The van der Waals surface area contributed by atoms with Gasteiger partial charge in [-0.25, -0.2) is 0 Å². The van der Waals surface area contributed by atoms with Crippen LogP contribution in [0.2, 0.25) is 0 Å². The average Bonchev–Trinajstić information content (AvgIpc) is 2.62. The quantitative estimate of drug-likeness (QED) is 0.749. The Kier molecular flexibility index (Phi) is 6.49. The molecule has 2 rings (SSSR count). The maximum Gasteiger partial charge on any atom is 0.265 e. The van der Waals surface area contributed by atoms with Gasteiger partial charge in [-0.2, -0.15) is 0 Å². The highest BCUT2D eigenvalue weighted by molar-refractivity contribution is 5.98. The summed E-state index contributed by atoms with van der Waals surface area (Å²) >= 11 is 0. The molecule has 2 aromatic rings. The first-order valence-electron chi connectivity index (χ1n) is 8.37. The minimum atomic E-state index is -0.773. The Morgan fingerprint density at radius 2 is 1.73 bits per heavy atom. The Labute approximate surface area is 152 Å². The minimum Gasteiger partial charge on any atom is -0.481 e. The van der Waals surface area contributed by atoms with Gasteiger partial charge in [-0.05, 0) is 51.1 Å². The van der Waals surface area contributed by atoms with E-state index in [0.29, 0.717) is 29.1 Å². The smallest absolute Gasteiger partial charge is 0.265 e. The summed E-state index contributed by atoms with van der Waals surface area (Å²) < 4.78 is 5.61. The molecule has 2 amide bonds. The van der Waals surface area contributed by atoms with Crippen molar-refractivity contribution in [3.63, 3.8) is 0 Å². The predicted octanol–water partition coefficient (Wildman–Crippen LogP) is 3.04. The molecular weight excluding hydrogens is 332 g/mol. The lowest BCUT2D eigenvalue weighted by molar-refractivity contribution is -0.122. The number of Topliss-reactive ketones (excluding diaryl/α,β-unsaturated/α-hetero) is 1. The van der Waals surface area contributed by atoms with E-state index in [1.807, 2.05) is 6.92 Å². The van der Waals surface area contributed by atoms with Crippen LogP contribution in [-0.2, 0) is 4.79 Å². The topological polar surface area (TPSA) is 84.5 Å². The van der Waals surface area contributed by atoms with E-state index in [1.54, 1.807) is 55.5 Å². The molecule has 6 nitrogen and oxygen atoms in total. The standard InChI is InChI=1S/C20H22N2O4/c1-4-21-20(25)16-8-5-9-17(11-16)22-19(24)14(3)26-18-10-6-7-15(12-18)13(2)23/h5-12,14H,4H2,1-3H3,(H,21,25)(H,22,24). The van der Waals surface area contributed by atoms with Gasteiger partial charge in [0.2, 0.25) is 0 Å². The van der Waals surface area contributed by atoms with E-state index in [9.17, 15) is 14.4 Å². The lowest BCUT2D eigenvalue weighted by Crippen LogP contribution is -2.30. The minimum absolute atomic E-state index is 0.0743. The van der Waals surface area contributed by atoms with Gasteiger partial charge in [0, 0.05) is 23.4 Å². The molecule has 0 bridgehead atoms. The molecule has 0 spiro atoms. The Morgan fingerprint density at radius 3 is 2.42 bits per heavy atom. The molecule has 0 aliphatic heterocycles. The van der Waals surface area contributed by atoms with Crippen LogP contribution in [0.15, 0.2) is 48.5 Å². The van der Waals surface area contributed by atoms with Gasteiger partial charge in [-0.15, -0.1) is 0 Å². The van der Waals surface area contributed by atoms with Crippen molar-refractivity contribution in [2.24, 2.45) is 0 Å². The first kappa shape index (κ1) is 19.2. The normalized spacial score (nSPS) is 11.3. The second-order valence-corrected chi connectivity index (χ2v) is 5.77. The number of rotatable bonds is 7. The second-order valence-electron chi connectivity index (χ2n) is 5.77. The van der Waals surface area contributed by atoms with Gasteiger partial charge in [0.25, 0.3) is 11.8 Å². The number of ketones is 1. The van der Waals surface area contributed by atoms with E-state index in [-0.39, 0.29) is 17.6 Å². The Bertz CT molecular complexity index is 817. The maximum atomic E-state index is 12.3. The molecule has 136 valence electrons. The summed E-state index contributed by atoms with van der Waals surface area (Å²) in [6.07, 6.45) is -0.773. The third-order valence-corrected chi connectivity index (χ3v) is 3.65. The average molecular weight is 354 g/mol. The van der Waals surface area contributed by atoms with Crippen molar-refractivity contribution < 1.29 is 19.1 Å². The van der Waals surface area contributed by atoms with Crippen molar-refractivity contribution in [2.75, 3.05) is 11.9 Å². The molecule has 26 heavy (non-hydrogen) atoms. The van der Waals surface area contributed by atoms with Crippen LogP contribution in [0.5, 0.6) is 5.75 Å². The summed E-state index contributed by atoms with van der Waals surface area (Å²) in [4.78, 5) is 35.6.